The van der Waals surface area contributed by atoms with Gasteiger partial charge < -0.3 is 14.8 Å². The molecule has 2 aromatic rings. The van der Waals surface area contributed by atoms with Gasteiger partial charge in [-0.2, -0.15) is 0 Å². The number of rotatable bonds is 3. The quantitative estimate of drug-likeness (QED) is 0.769. The minimum absolute atomic E-state index is 0.153. The molecule has 0 aliphatic rings. The molecule has 0 aromatic carbocycles. The van der Waals surface area contributed by atoms with Crippen molar-refractivity contribution < 1.29 is 14.6 Å². The van der Waals surface area contributed by atoms with Crippen LogP contribution in [0.1, 0.15) is 5.82 Å². The van der Waals surface area contributed by atoms with Crippen LogP contribution in [0.5, 0.6) is 5.75 Å². The van der Waals surface area contributed by atoms with E-state index in [1.54, 1.807) is 12.3 Å². The summed E-state index contributed by atoms with van der Waals surface area (Å²) in [7, 11) is 1.53. The molecule has 0 aliphatic heterocycles. The molecule has 2 heterocycles. The van der Waals surface area contributed by atoms with E-state index in [4.69, 9.17) is 9.84 Å². The fourth-order valence-electron chi connectivity index (χ4n) is 1.33. The van der Waals surface area contributed by atoms with Crippen molar-refractivity contribution in [3.63, 3.8) is 0 Å². The number of aromatic amines is 1. The number of imidazole rings is 1. The van der Waals surface area contributed by atoms with Crippen LogP contribution in [0.4, 0.5) is 0 Å². The lowest BCUT2D eigenvalue weighted by Crippen LogP contribution is -2.01. The first-order valence-corrected chi connectivity index (χ1v) is 4.30. The lowest BCUT2D eigenvalue weighted by atomic mass is 10.4. The topological polar surface area (TPSA) is 88.1 Å². The molecular formula is C9H9N3O3. The second-order valence-corrected chi connectivity index (χ2v) is 2.97. The van der Waals surface area contributed by atoms with Crippen molar-refractivity contribution in [1.82, 2.24) is 15.0 Å². The van der Waals surface area contributed by atoms with Crippen LogP contribution in [0.2, 0.25) is 0 Å². The van der Waals surface area contributed by atoms with Crippen LogP contribution in [-0.2, 0) is 11.2 Å². The van der Waals surface area contributed by atoms with Crippen molar-refractivity contribution in [2.45, 2.75) is 6.42 Å². The Kier molecular flexibility index (Phi) is 2.24. The summed E-state index contributed by atoms with van der Waals surface area (Å²) >= 11 is 0. The Bertz CT molecular complexity index is 506. The molecule has 15 heavy (non-hydrogen) atoms. The van der Waals surface area contributed by atoms with Gasteiger partial charge in [-0.3, -0.25) is 4.79 Å². The molecular weight excluding hydrogens is 198 g/mol. The van der Waals surface area contributed by atoms with Crippen molar-refractivity contribution in [3.8, 4) is 5.75 Å². The van der Waals surface area contributed by atoms with Crippen molar-refractivity contribution in [2.24, 2.45) is 0 Å². The van der Waals surface area contributed by atoms with E-state index >= 15 is 0 Å². The molecule has 0 fully saturated rings. The highest BCUT2D eigenvalue weighted by molar-refractivity contribution is 5.79. The number of nitrogens with zero attached hydrogens (tertiary/aromatic N) is 2. The Morgan fingerprint density at radius 2 is 2.47 bits per heavy atom. The number of hydrogen-bond donors (Lipinski definition) is 2. The molecule has 0 aliphatic carbocycles. The zero-order chi connectivity index (χ0) is 10.8. The lowest BCUT2D eigenvalue weighted by Gasteiger charge is -1.97. The summed E-state index contributed by atoms with van der Waals surface area (Å²) in [4.78, 5) is 21.4. The van der Waals surface area contributed by atoms with Crippen LogP contribution in [-0.4, -0.2) is 33.1 Å². The molecule has 0 amide bonds. The van der Waals surface area contributed by atoms with Gasteiger partial charge in [-0.05, 0) is 0 Å². The van der Waals surface area contributed by atoms with Gasteiger partial charge in [0.15, 0.2) is 5.65 Å². The summed E-state index contributed by atoms with van der Waals surface area (Å²) in [5, 5.41) is 8.61. The predicted octanol–water partition coefficient (Wildman–Crippen LogP) is 0.594. The molecule has 0 atom stereocenters. The average Bonchev–Trinajstić information content (AvgIpc) is 2.58. The molecule has 0 saturated carbocycles. The van der Waals surface area contributed by atoms with Crippen LogP contribution in [0, 0.1) is 0 Å². The highest BCUT2D eigenvalue weighted by Gasteiger charge is 2.10. The smallest absolute Gasteiger partial charge is 0.311 e. The molecule has 6 nitrogen and oxygen atoms in total. The second kappa shape index (κ2) is 3.56. The van der Waals surface area contributed by atoms with Crippen LogP contribution in [0.3, 0.4) is 0 Å². The van der Waals surface area contributed by atoms with E-state index < -0.39 is 5.97 Å². The maximum absolute atomic E-state index is 10.5. The number of H-pyrrole nitrogens is 1. The standard InChI is InChI=1S/C9H9N3O3/c1-15-5-2-3-10-9-8(5)11-6(12-9)4-7(13)14/h2-3H,4H2,1H3,(H,13,14)(H,10,11,12). The number of hydrogen-bond acceptors (Lipinski definition) is 4. The van der Waals surface area contributed by atoms with Crippen LogP contribution in [0.25, 0.3) is 11.2 Å². The molecule has 2 aromatic heterocycles. The van der Waals surface area contributed by atoms with Crippen molar-refractivity contribution >= 4 is 17.1 Å². The molecule has 78 valence electrons. The summed E-state index contributed by atoms with van der Waals surface area (Å²) < 4.78 is 5.09. The van der Waals surface area contributed by atoms with Crippen LogP contribution < -0.4 is 4.74 Å². The Morgan fingerprint density at radius 3 is 3.13 bits per heavy atom. The van der Waals surface area contributed by atoms with E-state index in [2.05, 4.69) is 15.0 Å². The molecule has 6 heteroatoms. The minimum atomic E-state index is -0.937. The largest absolute Gasteiger partial charge is 0.494 e. The van der Waals surface area contributed by atoms with E-state index in [9.17, 15) is 4.79 Å². The monoisotopic (exact) mass is 207 g/mol. The Balaban J connectivity index is 2.50. The van der Waals surface area contributed by atoms with E-state index in [0.717, 1.165) is 0 Å². The van der Waals surface area contributed by atoms with Crippen LogP contribution in [0.15, 0.2) is 12.3 Å². The summed E-state index contributed by atoms with van der Waals surface area (Å²) in [6, 6.07) is 1.69. The zero-order valence-electron chi connectivity index (χ0n) is 8.02. The fourth-order valence-corrected chi connectivity index (χ4v) is 1.33. The number of carboxylic acids is 1. The number of carboxylic acid groups (broad SMARTS) is 1. The van der Waals surface area contributed by atoms with E-state index in [-0.39, 0.29) is 6.42 Å². The van der Waals surface area contributed by atoms with Gasteiger partial charge in [-0.25, -0.2) is 9.97 Å². The van der Waals surface area contributed by atoms with Gasteiger partial charge in [0, 0.05) is 12.3 Å². The maximum atomic E-state index is 10.5. The first kappa shape index (κ1) is 9.45. The van der Waals surface area contributed by atoms with Crippen molar-refractivity contribution in [3.05, 3.63) is 18.1 Å². The van der Waals surface area contributed by atoms with Gasteiger partial charge in [-0.15, -0.1) is 0 Å². The van der Waals surface area contributed by atoms with Gasteiger partial charge in [-0.1, -0.05) is 0 Å². The molecule has 2 rings (SSSR count). The van der Waals surface area contributed by atoms with Crippen LogP contribution >= 0.6 is 0 Å². The number of nitrogens with one attached hydrogen (secondary N) is 1. The SMILES string of the molecule is COc1ccnc2nc(CC(=O)O)[nH]c12. The summed E-state index contributed by atoms with van der Waals surface area (Å²) in [5.41, 5.74) is 1.09. The second-order valence-electron chi connectivity index (χ2n) is 2.97. The zero-order valence-corrected chi connectivity index (χ0v) is 8.02. The first-order chi connectivity index (χ1) is 7.20. The molecule has 0 unspecified atom stereocenters. The van der Waals surface area contributed by atoms with Gasteiger partial charge >= 0.3 is 5.97 Å². The predicted molar refractivity (Wildman–Crippen MR) is 51.8 cm³/mol. The van der Waals surface area contributed by atoms with Gasteiger partial charge in [0.1, 0.15) is 23.5 Å². The minimum Gasteiger partial charge on any atom is -0.494 e. The highest BCUT2D eigenvalue weighted by atomic mass is 16.5. The Labute approximate surface area is 84.9 Å². The van der Waals surface area contributed by atoms with E-state index in [0.29, 0.717) is 22.7 Å². The molecule has 0 bridgehead atoms. The number of ether oxygens (including phenoxy) is 1. The molecule has 0 saturated heterocycles. The number of fused-ring (bicyclic) bond motifs is 1. The number of methoxy groups -OCH3 is 1. The number of aromatic nitrogens is 3. The van der Waals surface area contributed by atoms with E-state index in [1.165, 1.54) is 7.11 Å². The number of aliphatic carboxylic acids is 1. The lowest BCUT2D eigenvalue weighted by molar-refractivity contribution is -0.136. The van der Waals surface area contributed by atoms with Crippen molar-refractivity contribution in [1.29, 1.82) is 0 Å². The number of pyridine rings is 1. The third-order valence-corrected chi connectivity index (χ3v) is 1.94. The third kappa shape index (κ3) is 1.74. The van der Waals surface area contributed by atoms with Gasteiger partial charge in [0.25, 0.3) is 0 Å². The summed E-state index contributed by atoms with van der Waals surface area (Å²) in [5.74, 6) is 0.0339. The highest BCUT2D eigenvalue weighted by Crippen LogP contribution is 2.20. The molecule has 2 N–H and O–H groups in total. The summed E-state index contributed by atoms with van der Waals surface area (Å²) in [6.45, 7) is 0. The Hall–Kier alpha value is -2.11. The van der Waals surface area contributed by atoms with Gasteiger partial charge in [0.2, 0.25) is 0 Å². The molecule has 0 radical (unpaired) electrons. The van der Waals surface area contributed by atoms with Gasteiger partial charge in [0.05, 0.1) is 7.11 Å². The van der Waals surface area contributed by atoms with Crippen molar-refractivity contribution in [2.75, 3.05) is 7.11 Å². The maximum Gasteiger partial charge on any atom is 0.311 e. The first-order valence-electron chi connectivity index (χ1n) is 4.30. The Morgan fingerprint density at radius 1 is 1.67 bits per heavy atom. The summed E-state index contributed by atoms with van der Waals surface area (Å²) in [6.07, 6.45) is 1.41. The normalized spacial score (nSPS) is 10.5. The third-order valence-electron chi connectivity index (χ3n) is 1.94. The number of carbonyl (C=O) groups is 1. The average molecular weight is 207 g/mol. The van der Waals surface area contributed by atoms with E-state index in [1.807, 2.05) is 0 Å². The molecule has 0 spiro atoms. The fraction of sp³-hybridized carbons (Fsp3) is 0.222.